The van der Waals surface area contributed by atoms with Crippen LogP contribution < -0.4 is 10.6 Å². The van der Waals surface area contributed by atoms with Crippen LogP contribution in [0, 0.1) is 5.41 Å². The fourth-order valence-corrected chi connectivity index (χ4v) is 5.55. The zero-order chi connectivity index (χ0) is 27.0. The van der Waals surface area contributed by atoms with Gasteiger partial charge in [-0.1, -0.05) is 25.1 Å². The van der Waals surface area contributed by atoms with E-state index in [9.17, 15) is 4.79 Å². The van der Waals surface area contributed by atoms with E-state index in [1.807, 2.05) is 54.2 Å². The zero-order valence-electron chi connectivity index (χ0n) is 22.8. The predicted octanol–water partition coefficient (Wildman–Crippen LogP) is 4.67. The molecule has 4 heterocycles. The lowest BCUT2D eigenvalue weighted by Crippen LogP contribution is -2.65. The van der Waals surface area contributed by atoms with Gasteiger partial charge < -0.3 is 15.4 Å². The first-order valence-corrected chi connectivity index (χ1v) is 13.7. The van der Waals surface area contributed by atoms with Crippen LogP contribution in [0.15, 0.2) is 54.9 Å². The lowest BCUT2D eigenvalue weighted by atomic mass is 9.78. The number of anilines is 2. The van der Waals surface area contributed by atoms with E-state index in [1.165, 1.54) is 11.1 Å². The highest BCUT2D eigenvalue weighted by molar-refractivity contribution is 6.04. The molecule has 0 radical (unpaired) electrons. The predicted molar refractivity (Wildman–Crippen MR) is 152 cm³/mol. The van der Waals surface area contributed by atoms with E-state index in [0.717, 1.165) is 62.6 Å². The van der Waals surface area contributed by atoms with Gasteiger partial charge in [-0.3, -0.25) is 14.4 Å². The minimum absolute atomic E-state index is 0.0417. The summed E-state index contributed by atoms with van der Waals surface area (Å²) in [4.78, 5) is 24.7. The zero-order valence-corrected chi connectivity index (χ0v) is 22.8. The van der Waals surface area contributed by atoms with Crippen LogP contribution in [-0.4, -0.2) is 56.9 Å². The number of hydrogen-bond donors (Lipinski definition) is 2. The van der Waals surface area contributed by atoms with E-state index in [1.54, 1.807) is 6.20 Å². The number of aryl methyl sites for hydroxylation is 2. The van der Waals surface area contributed by atoms with Gasteiger partial charge in [0.05, 0.1) is 31.6 Å². The fraction of sp³-hybridized carbons (Fsp3) is 0.400. The molecule has 4 aromatic rings. The van der Waals surface area contributed by atoms with Gasteiger partial charge in [0.25, 0.3) is 5.91 Å². The molecule has 9 nitrogen and oxygen atoms in total. The van der Waals surface area contributed by atoms with Crippen molar-refractivity contribution in [2.24, 2.45) is 5.41 Å². The van der Waals surface area contributed by atoms with Gasteiger partial charge in [0.2, 0.25) is 5.65 Å². The van der Waals surface area contributed by atoms with E-state index in [-0.39, 0.29) is 11.9 Å². The average Bonchev–Trinajstić information content (AvgIpc) is 3.32. The van der Waals surface area contributed by atoms with Crippen molar-refractivity contribution in [3.05, 3.63) is 77.1 Å². The molecule has 2 N–H and O–H groups in total. The van der Waals surface area contributed by atoms with Crippen LogP contribution in [0.1, 0.15) is 53.9 Å². The Kier molecular flexibility index (Phi) is 6.78. The Bertz CT molecular complexity index is 1500. The fourth-order valence-electron chi connectivity index (χ4n) is 5.55. The molecule has 2 aliphatic heterocycles. The number of hydrogen-bond acceptors (Lipinski definition) is 7. The summed E-state index contributed by atoms with van der Waals surface area (Å²) in [5.41, 5.74) is 6.79. The normalized spacial score (nSPS) is 17.0. The minimum Gasteiger partial charge on any atom is -0.380 e. The molecule has 6 rings (SSSR count). The maximum absolute atomic E-state index is 13.2. The van der Waals surface area contributed by atoms with Gasteiger partial charge in [-0.25, -0.2) is 9.97 Å². The maximum atomic E-state index is 13.2. The van der Waals surface area contributed by atoms with Gasteiger partial charge in [-0.15, -0.1) is 0 Å². The van der Waals surface area contributed by atoms with Crippen LogP contribution in [0.2, 0.25) is 0 Å². The number of nitrogens with one attached hydrogen (secondary N) is 2. The summed E-state index contributed by atoms with van der Waals surface area (Å²) in [5, 5.41) is 10.9. The molecule has 2 saturated heterocycles. The molecule has 0 aliphatic carbocycles. The number of carbonyl (C=O) groups excluding carboxylic acids is 1. The second-order valence-corrected chi connectivity index (χ2v) is 10.9. The summed E-state index contributed by atoms with van der Waals surface area (Å²) >= 11 is 0. The lowest BCUT2D eigenvalue weighted by molar-refractivity contribution is -0.191. The van der Waals surface area contributed by atoms with Gasteiger partial charge >= 0.3 is 0 Å². The SMILES string of the molecule is CCc1cc(C(=O)Nc2cccc([C@H](C)Nc3cnc4cn(CC)nc4n3)c2)ccc1CN1CC2(COC2)C1. The van der Waals surface area contributed by atoms with Crippen molar-refractivity contribution >= 4 is 28.6 Å². The Hall–Kier alpha value is -3.82. The van der Waals surface area contributed by atoms with Gasteiger partial charge in [0.15, 0.2) is 0 Å². The highest BCUT2D eigenvalue weighted by Gasteiger charge is 2.48. The number of aromatic nitrogens is 4. The number of rotatable bonds is 9. The Morgan fingerprint density at radius 1 is 1.13 bits per heavy atom. The van der Waals surface area contributed by atoms with Crippen molar-refractivity contribution in [2.45, 2.75) is 46.3 Å². The van der Waals surface area contributed by atoms with Crippen LogP contribution in [0.3, 0.4) is 0 Å². The topological polar surface area (TPSA) is 97.2 Å². The minimum atomic E-state index is -0.105. The second-order valence-electron chi connectivity index (χ2n) is 10.9. The van der Waals surface area contributed by atoms with E-state index in [0.29, 0.717) is 22.4 Å². The maximum Gasteiger partial charge on any atom is 0.255 e. The molecule has 2 fully saturated rings. The van der Waals surface area contributed by atoms with E-state index >= 15 is 0 Å². The third-order valence-corrected chi connectivity index (χ3v) is 7.79. The third kappa shape index (κ3) is 5.24. The van der Waals surface area contributed by atoms with Crippen LogP contribution in [-0.2, 0) is 24.2 Å². The van der Waals surface area contributed by atoms with Crippen molar-refractivity contribution < 1.29 is 9.53 Å². The molecule has 2 aliphatic rings. The van der Waals surface area contributed by atoms with Gasteiger partial charge in [0.1, 0.15) is 11.3 Å². The number of benzene rings is 2. The summed E-state index contributed by atoms with van der Waals surface area (Å²) in [5.74, 6) is 0.554. The van der Waals surface area contributed by atoms with Crippen molar-refractivity contribution in [1.29, 1.82) is 0 Å². The Balaban J connectivity index is 1.10. The molecule has 0 saturated carbocycles. The van der Waals surface area contributed by atoms with E-state index in [4.69, 9.17) is 4.74 Å². The Morgan fingerprint density at radius 2 is 1.97 bits per heavy atom. The quantitative estimate of drug-likeness (QED) is 0.328. The Morgan fingerprint density at radius 3 is 2.72 bits per heavy atom. The Labute approximate surface area is 228 Å². The van der Waals surface area contributed by atoms with Crippen molar-refractivity contribution in [3.63, 3.8) is 0 Å². The van der Waals surface area contributed by atoms with Crippen LogP contribution in [0.25, 0.3) is 11.2 Å². The first-order valence-electron chi connectivity index (χ1n) is 13.7. The molecular formula is C30H35N7O2. The number of amides is 1. The number of carbonyl (C=O) groups is 1. The second kappa shape index (κ2) is 10.4. The van der Waals surface area contributed by atoms with Crippen LogP contribution >= 0.6 is 0 Å². The summed E-state index contributed by atoms with van der Waals surface area (Å²) in [7, 11) is 0. The molecule has 39 heavy (non-hydrogen) atoms. The number of ether oxygens (including phenoxy) is 1. The number of likely N-dealkylation sites (tertiary alicyclic amines) is 1. The summed E-state index contributed by atoms with van der Waals surface area (Å²) in [6.45, 7) is 11.9. The van der Waals surface area contributed by atoms with Crippen molar-refractivity contribution in [2.75, 3.05) is 36.9 Å². The summed E-state index contributed by atoms with van der Waals surface area (Å²) < 4.78 is 7.22. The molecule has 2 aromatic heterocycles. The average molecular weight is 526 g/mol. The molecule has 9 heteroatoms. The third-order valence-electron chi connectivity index (χ3n) is 7.79. The van der Waals surface area contributed by atoms with E-state index < -0.39 is 0 Å². The van der Waals surface area contributed by atoms with Crippen molar-refractivity contribution in [1.82, 2.24) is 24.6 Å². The number of fused-ring (bicyclic) bond motifs is 1. The number of nitrogens with zero attached hydrogens (tertiary/aromatic N) is 5. The molecular weight excluding hydrogens is 490 g/mol. The monoisotopic (exact) mass is 525 g/mol. The summed E-state index contributed by atoms with van der Waals surface area (Å²) in [6, 6.07) is 13.9. The molecule has 1 spiro atoms. The van der Waals surface area contributed by atoms with Crippen LogP contribution in [0.5, 0.6) is 0 Å². The lowest BCUT2D eigenvalue weighted by Gasteiger charge is -2.55. The summed E-state index contributed by atoms with van der Waals surface area (Å²) in [6.07, 6.45) is 4.51. The van der Waals surface area contributed by atoms with Crippen LogP contribution in [0.4, 0.5) is 11.5 Å². The van der Waals surface area contributed by atoms with Gasteiger partial charge in [-0.2, -0.15) is 5.10 Å². The molecule has 0 bridgehead atoms. The molecule has 0 unspecified atom stereocenters. The standard InChI is InChI=1S/C30H35N7O2/c1-4-21-11-23(9-10-24(21)14-36-16-30(17-36)18-39-19-30)29(38)33-25-8-6-7-22(12-25)20(3)32-27-13-31-26-15-37(5-2)35-28(26)34-27/h6-13,15,20H,4-5,14,16-19H2,1-3H3,(H,33,38)(H,32,34,35)/t20-/m0/s1. The smallest absolute Gasteiger partial charge is 0.255 e. The van der Waals surface area contributed by atoms with E-state index in [2.05, 4.69) is 50.5 Å². The van der Waals surface area contributed by atoms with Crippen molar-refractivity contribution in [3.8, 4) is 0 Å². The highest BCUT2D eigenvalue weighted by Crippen LogP contribution is 2.38. The first kappa shape index (κ1) is 25.5. The molecule has 2 aromatic carbocycles. The molecule has 202 valence electrons. The molecule has 1 atom stereocenters. The van der Waals surface area contributed by atoms with Gasteiger partial charge in [0, 0.05) is 42.8 Å². The highest BCUT2D eigenvalue weighted by atomic mass is 16.5. The largest absolute Gasteiger partial charge is 0.380 e. The first-order chi connectivity index (χ1) is 18.9. The van der Waals surface area contributed by atoms with Gasteiger partial charge in [-0.05, 0) is 61.2 Å². The molecule has 1 amide bonds.